The Hall–Kier alpha value is -1.11. The summed E-state index contributed by atoms with van der Waals surface area (Å²) in [6, 6.07) is 7.46. The first-order valence-corrected chi connectivity index (χ1v) is 9.46. The highest BCUT2D eigenvalue weighted by atomic mass is 32.2. The van der Waals surface area contributed by atoms with Gasteiger partial charge in [-0.1, -0.05) is 31.5 Å². The summed E-state index contributed by atoms with van der Waals surface area (Å²) in [5, 5.41) is 10.0. The summed E-state index contributed by atoms with van der Waals surface area (Å²) in [6.45, 7) is 3.46. The molecule has 3 rings (SSSR count). The lowest BCUT2D eigenvalue weighted by atomic mass is 9.96. The lowest BCUT2D eigenvalue weighted by Gasteiger charge is -2.39. The lowest BCUT2D eigenvalue weighted by molar-refractivity contribution is 0.178. The summed E-state index contributed by atoms with van der Waals surface area (Å²) in [5.41, 5.74) is 1.61. The van der Waals surface area contributed by atoms with Gasteiger partial charge in [-0.25, -0.2) is 0 Å². The predicted octanol–water partition coefficient (Wildman–Crippen LogP) is 1.78. The molecule has 0 radical (unpaired) electrons. The number of fused-ring (bicyclic) bond motifs is 1. The normalized spacial score (nSPS) is 24.3. The molecular formula is C16H24N2O3S. The first-order valence-electron chi connectivity index (χ1n) is 8.06. The van der Waals surface area contributed by atoms with Crippen LogP contribution in [0.4, 0.5) is 5.69 Å². The van der Waals surface area contributed by atoms with E-state index in [9.17, 15) is 13.5 Å². The van der Waals surface area contributed by atoms with Crippen LogP contribution in [0, 0.1) is 5.92 Å². The number of β-amino-alcohol motifs (C(OH)–C–C–N with tert-alkyl or cyclic N) is 1. The minimum atomic E-state index is -3.56. The number of nitrogens with zero attached hydrogens (tertiary/aromatic N) is 2. The fourth-order valence-corrected chi connectivity index (χ4v) is 5.18. The third kappa shape index (κ3) is 2.87. The van der Waals surface area contributed by atoms with Crippen LogP contribution in [0.2, 0.25) is 0 Å². The molecule has 0 saturated carbocycles. The molecule has 0 bridgehead atoms. The number of para-hydroxylation sites is 1. The van der Waals surface area contributed by atoms with E-state index in [4.69, 9.17) is 0 Å². The van der Waals surface area contributed by atoms with Crippen molar-refractivity contribution in [3.63, 3.8) is 0 Å². The summed E-state index contributed by atoms with van der Waals surface area (Å²) in [5.74, 6) is 0.630. The third-order valence-electron chi connectivity index (χ3n) is 4.85. The second-order valence-electron chi connectivity index (χ2n) is 6.28. The topological polar surface area (TPSA) is 60.9 Å². The largest absolute Gasteiger partial charge is 0.391 e. The Kier molecular flexibility index (Phi) is 4.43. The molecule has 2 aliphatic rings. The van der Waals surface area contributed by atoms with Crippen molar-refractivity contribution in [1.82, 2.24) is 4.31 Å². The Morgan fingerprint density at radius 3 is 2.59 bits per heavy atom. The highest BCUT2D eigenvalue weighted by molar-refractivity contribution is 7.90. The van der Waals surface area contributed by atoms with E-state index in [1.165, 1.54) is 4.31 Å². The average molecular weight is 324 g/mol. The van der Waals surface area contributed by atoms with Crippen LogP contribution in [0.15, 0.2) is 24.3 Å². The van der Waals surface area contributed by atoms with E-state index in [1.807, 2.05) is 24.3 Å². The number of aliphatic hydroxyl groups is 1. The van der Waals surface area contributed by atoms with Crippen molar-refractivity contribution in [2.75, 3.05) is 23.9 Å². The maximum Gasteiger partial charge on any atom is 0.304 e. The van der Waals surface area contributed by atoms with Gasteiger partial charge >= 0.3 is 10.2 Å². The van der Waals surface area contributed by atoms with Gasteiger partial charge < -0.3 is 5.11 Å². The van der Waals surface area contributed by atoms with Crippen LogP contribution in [-0.4, -0.2) is 43.6 Å². The van der Waals surface area contributed by atoms with Gasteiger partial charge in [0.1, 0.15) is 0 Å². The Morgan fingerprint density at radius 2 is 1.91 bits per heavy atom. The van der Waals surface area contributed by atoms with E-state index in [-0.39, 0.29) is 6.54 Å². The zero-order valence-corrected chi connectivity index (χ0v) is 13.8. The number of rotatable bonds is 3. The molecule has 1 atom stereocenters. The van der Waals surface area contributed by atoms with Crippen LogP contribution in [0.1, 0.15) is 31.7 Å². The molecule has 2 aliphatic heterocycles. The van der Waals surface area contributed by atoms with E-state index in [2.05, 4.69) is 6.92 Å². The van der Waals surface area contributed by atoms with Crippen molar-refractivity contribution >= 4 is 15.9 Å². The Labute approximate surface area is 132 Å². The summed E-state index contributed by atoms with van der Waals surface area (Å²) in [7, 11) is -3.56. The second-order valence-corrected chi connectivity index (χ2v) is 8.13. The molecular weight excluding hydrogens is 300 g/mol. The predicted molar refractivity (Wildman–Crippen MR) is 87.0 cm³/mol. The maximum absolute atomic E-state index is 13.0. The van der Waals surface area contributed by atoms with Gasteiger partial charge in [0.15, 0.2) is 0 Å². The van der Waals surface area contributed by atoms with E-state index in [1.54, 1.807) is 4.31 Å². The Bertz CT molecular complexity index is 624. The third-order valence-corrected chi connectivity index (χ3v) is 6.77. The highest BCUT2D eigenvalue weighted by Crippen LogP contribution is 2.32. The standard InChI is InChI=1S/C16H24N2O3S/c1-2-13-7-9-17(10-8-13)22(20,21)18-12-15(19)11-14-5-3-4-6-16(14)18/h3-6,13,15,19H,2,7-12H2,1H3. The van der Waals surface area contributed by atoms with Crippen molar-refractivity contribution in [3.8, 4) is 0 Å². The van der Waals surface area contributed by atoms with Gasteiger partial charge in [-0.15, -0.1) is 0 Å². The lowest BCUT2D eigenvalue weighted by Crippen LogP contribution is -2.51. The molecule has 22 heavy (non-hydrogen) atoms. The summed E-state index contributed by atoms with van der Waals surface area (Å²) >= 11 is 0. The van der Waals surface area contributed by atoms with Gasteiger partial charge in [-0.05, 0) is 30.4 Å². The van der Waals surface area contributed by atoms with Gasteiger partial charge in [0, 0.05) is 19.5 Å². The Morgan fingerprint density at radius 1 is 1.23 bits per heavy atom. The number of aliphatic hydroxyl groups excluding tert-OH is 1. The maximum atomic E-state index is 13.0. The molecule has 0 aromatic heterocycles. The SMILES string of the molecule is CCC1CCN(S(=O)(=O)N2CC(O)Cc3ccccc32)CC1. The van der Waals surface area contributed by atoms with Crippen molar-refractivity contribution in [2.45, 2.75) is 38.7 Å². The molecule has 0 spiro atoms. The monoisotopic (exact) mass is 324 g/mol. The zero-order chi connectivity index (χ0) is 15.7. The quantitative estimate of drug-likeness (QED) is 0.922. The number of piperidine rings is 1. The van der Waals surface area contributed by atoms with Gasteiger partial charge in [-0.2, -0.15) is 12.7 Å². The van der Waals surface area contributed by atoms with Crippen LogP contribution in [0.25, 0.3) is 0 Å². The van der Waals surface area contributed by atoms with Crippen LogP contribution >= 0.6 is 0 Å². The fraction of sp³-hybridized carbons (Fsp3) is 0.625. The molecule has 1 unspecified atom stereocenters. The van der Waals surface area contributed by atoms with Crippen molar-refractivity contribution in [1.29, 1.82) is 0 Å². The van der Waals surface area contributed by atoms with Crippen LogP contribution in [0.3, 0.4) is 0 Å². The highest BCUT2D eigenvalue weighted by Gasteiger charge is 2.36. The molecule has 1 fully saturated rings. The molecule has 1 N–H and O–H groups in total. The fourth-order valence-electron chi connectivity index (χ4n) is 3.44. The summed E-state index contributed by atoms with van der Waals surface area (Å²) in [4.78, 5) is 0. The van der Waals surface area contributed by atoms with E-state index < -0.39 is 16.3 Å². The van der Waals surface area contributed by atoms with Crippen LogP contribution in [0.5, 0.6) is 0 Å². The molecule has 1 saturated heterocycles. The average Bonchev–Trinajstić information content (AvgIpc) is 2.54. The summed E-state index contributed by atoms with van der Waals surface area (Å²) < 4.78 is 28.9. The molecule has 6 heteroatoms. The first-order chi connectivity index (χ1) is 10.5. The van der Waals surface area contributed by atoms with Gasteiger partial charge in [0.05, 0.1) is 18.3 Å². The first kappa shape index (κ1) is 15.8. The van der Waals surface area contributed by atoms with Gasteiger partial charge in [0.25, 0.3) is 0 Å². The van der Waals surface area contributed by atoms with Crippen LogP contribution < -0.4 is 4.31 Å². The van der Waals surface area contributed by atoms with E-state index in [0.29, 0.717) is 31.1 Å². The smallest absolute Gasteiger partial charge is 0.304 e. The molecule has 5 nitrogen and oxygen atoms in total. The second kappa shape index (κ2) is 6.18. The summed E-state index contributed by atoms with van der Waals surface area (Å²) in [6.07, 6.45) is 2.83. The molecule has 0 aliphatic carbocycles. The number of anilines is 1. The molecule has 2 heterocycles. The number of benzene rings is 1. The molecule has 1 aromatic rings. The molecule has 122 valence electrons. The van der Waals surface area contributed by atoms with Crippen molar-refractivity contribution in [2.24, 2.45) is 5.92 Å². The molecule has 0 amide bonds. The van der Waals surface area contributed by atoms with Gasteiger partial charge in [0.2, 0.25) is 0 Å². The van der Waals surface area contributed by atoms with E-state index in [0.717, 1.165) is 24.8 Å². The van der Waals surface area contributed by atoms with E-state index >= 15 is 0 Å². The van der Waals surface area contributed by atoms with Crippen molar-refractivity contribution in [3.05, 3.63) is 29.8 Å². The Balaban J connectivity index is 1.86. The minimum Gasteiger partial charge on any atom is -0.391 e. The number of hydrogen-bond acceptors (Lipinski definition) is 3. The van der Waals surface area contributed by atoms with Crippen molar-refractivity contribution < 1.29 is 13.5 Å². The number of hydrogen-bond donors (Lipinski definition) is 1. The minimum absolute atomic E-state index is 0.146. The van der Waals surface area contributed by atoms with Gasteiger partial charge in [-0.3, -0.25) is 4.31 Å². The molecule has 1 aromatic carbocycles. The zero-order valence-electron chi connectivity index (χ0n) is 13.0. The van der Waals surface area contributed by atoms with Crippen LogP contribution in [-0.2, 0) is 16.6 Å².